The SMILES string of the molecule is CC(CCCO)NC(=O)NC(C)c1noc(Cc2ccccc2)n1. The molecule has 1 heterocycles. The minimum atomic E-state index is -0.358. The molecule has 0 bridgehead atoms. The lowest BCUT2D eigenvalue weighted by Gasteiger charge is -2.16. The lowest BCUT2D eigenvalue weighted by Crippen LogP contribution is -2.42. The van der Waals surface area contributed by atoms with Gasteiger partial charge in [0, 0.05) is 12.6 Å². The van der Waals surface area contributed by atoms with Crippen molar-refractivity contribution in [2.75, 3.05) is 6.61 Å². The maximum absolute atomic E-state index is 11.9. The smallest absolute Gasteiger partial charge is 0.315 e. The number of nitrogens with zero attached hydrogens (tertiary/aromatic N) is 2. The first kappa shape index (κ1) is 17.9. The van der Waals surface area contributed by atoms with Crippen LogP contribution in [0.1, 0.15) is 50.0 Å². The van der Waals surface area contributed by atoms with Crippen LogP contribution < -0.4 is 10.6 Å². The zero-order valence-electron chi connectivity index (χ0n) is 14.0. The van der Waals surface area contributed by atoms with E-state index in [2.05, 4.69) is 20.8 Å². The molecular formula is C17H24N4O3. The molecule has 7 heteroatoms. The Kier molecular flexibility index (Phi) is 6.74. The molecule has 2 aromatic rings. The van der Waals surface area contributed by atoms with E-state index in [1.165, 1.54) is 0 Å². The molecule has 3 N–H and O–H groups in total. The lowest BCUT2D eigenvalue weighted by atomic mass is 10.1. The number of benzene rings is 1. The van der Waals surface area contributed by atoms with E-state index in [9.17, 15) is 4.79 Å². The average Bonchev–Trinajstić information content (AvgIpc) is 3.02. The Balaban J connectivity index is 1.84. The fourth-order valence-corrected chi connectivity index (χ4v) is 2.28. The Labute approximate surface area is 141 Å². The summed E-state index contributed by atoms with van der Waals surface area (Å²) < 4.78 is 5.24. The predicted octanol–water partition coefficient (Wildman–Crippen LogP) is 2.18. The standard InChI is InChI=1S/C17H24N4O3/c1-12(7-6-10-22)18-17(23)19-13(2)16-20-15(24-21-16)11-14-8-4-3-5-9-14/h3-5,8-9,12-13,22H,6-7,10-11H2,1-2H3,(H2,18,19,23). The van der Waals surface area contributed by atoms with Crippen LogP contribution in [0.3, 0.4) is 0 Å². The minimum absolute atomic E-state index is 0.0109. The Morgan fingerprint density at radius 3 is 2.71 bits per heavy atom. The summed E-state index contributed by atoms with van der Waals surface area (Å²) in [6.45, 7) is 3.82. The van der Waals surface area contributed by atoms with Crippen LogP contribution in [0.2, 0.25) is 0 Å². The molecule has 0 aliphatic rings. The van der Waals surface area contributed by atoms with Crippen molar-refractivity contribution in [3.8, 4) is 0 Å². The summed E-state index contributed by atoms with van der Waals surface area (Å²) >= 11 is 0. The van der Waals surface area contributed by atoms with Crippen molar-refractivity contribution in [2.45, 2.75) is 45.2 Å². The maximum atomic E-state index is 11.9. The van der Waals surface area contributed by atoms with Gasteiger partial charge in [-0.3, -0.25) is 0 Å². The van der Waals surface area contributed by atoms with E-state index in [1.807, 2.05) is 37.3 Å². The summed E-state index contributed by atoms with van der Waals surface area (Å²) in [5, 5.41) is 18.3. The van der Waals surface area contributed by atoms with Gasteiger partial charge < -0.3 is 20.3 Å². The van der Waals surface area contributed by atoms with Gasteiger partial charge in [-0.1, -0.05) is 35.5 Å². The van der Waals surface area contributed by atoms with Crippen LogP contribution in [0.4, 0.5) is 4.79 Å². The normalized spacial score (nSPS) is 13.3. The molecule has 0 spiro atoms. The molecule has 0 aliphatic heterocycles. The van der Waals surface area contributed by atoms with E-state index in [0.29, 0.717) is 24.6 Å². The van der Waals surface area contributed by atoms with Gasteiger partial charge in [-0.05, 0) is 32.3 Å². The molecule has 0 saturated heterocycles. The second-order valence-corrected chi connectivity index (χ2v) is 5.82. The number of carbonyl (C=O) groups is 1. The number of nitrogens with one attached hydrogen (secondary N) is 2. The first-order valence-corrected chi connectivity index (χ1v) is 8.12. The second kappa shape index (κ2) is 9.02. The zero-order chi connectivity index (χ0) is 17.4. The highest BCUT2D eigenvalue weighted by molar-refractivity contribution is 5.74. The van der Waals surface area contributed by atoms with Gasteiger partial charge in [0.1, 0.15) is 0 Å². The van der Waals surface area contributed by atoms with Crippen molar-refractivity contribution in [3.63, 3.8) is 0 Å². The molecule has 7 nitrogen and oxygen atoms in total. The van der Waals surface area contributed by atoms with E-state index >= 15 is 0 Å². The average molecular weight is 332 g/mol. The fraction of sp³-hybridized carbons (Fsp3) is 0.471. The molecule has 24 heavy (non-hydrogen) atoms. The third-order valence-corrected chi connectivity index (χ3v) is 3.59. The van der Waals surface area contributed by atoms with E-state index in [-0.39, 0.29) is 24.7 Å². The number of urea groups is 1. The third-order valence-electron chi connectivity index (χ3n) is 3.59. The highest BCUT2D eigenvalue weighted by Crippen LogP contribution is 2.11. The van der Waals surface area contributed by atoms with Gasteiger partial charge in [0.25, 0.3) is 0 Å². The van der Waals surface area contributed by atoms with Gasteiger partial charge >= 0.3 is 6.03 Å². The zero-order valence-corrected chi connectivity index (χ0v) is 14.0. The van der Waals surface area contributed by atoms with Crippen LogP contribution in [0.5, 0.6) is 0 Å². The number of hydrogen-bond donors (Lipinski definition) is 3. The number of rotatable bonds is 8. The van der Waals surface area contributed by atoms with Gasteiger partial charge in [0.15, 0.2) is 5.82 Å². The topological polar surface area (TPSA) is 100 Å². The molecule has 2 amide bonds. The molecule has 2 atom stereocenters. The van der Waals surface area contributed by atoms with Crippen LogP contribution in [0.15, 0.2) is 34.9 Å². The summed E-state index contributed by atoms with van der Waals surface area (Å²) in [6.07, 6.45) is 1.94. The van der Waals surface area contributed by atoms with E-state index in [0.717, 1.165) is 12.0 Å². The molecule has 1 aromatic heterocycles. The van der Waals surface area contributed by atoms with Crippen molar-refractivity contribution >= 4 is 6.03 Å². The van der Waals surface area contributed by atoms with E-state index < -0.39 is 0 Å². The van der Waals surface area contributed by atoms with Crippen molar-refractivity contribution in [2.24, 2.45) is 0 Å². The number of hydrogen-bond acceptors (Lipinski definition) is 5. The van der Waals surface area contributed by atoms with Crippen LogP contribution >= 0.6 is 0 Å². The highest BCUT2D eigenvalue weighted by atomic mass is 16.5. The van der Waals surface area contributed by atoms with E-state index in [1.54, 1.807) is 6.92 Å². The van der Waals surface area contributed by atoms with Gasteiger partial charge in [0.05, 0.1) is 12.5 Å². The maximum Gasteiger partial charge on any atom is 0.315 e. The van der Waals surface area contributed by atoms with Gasteiger partial charge in [-0.25, -0.2) is 4.79 Å². The summed E-state index contributed by atoms with van der Waals surface area (Å²) in [4.78, 5) is 16.3. The third kappa shape index (κ3) is 5.66. The first-order valence-electron chi connectivity index (χ1n) is 8.12. The largest absolute Gasteiger partial charge is 0.396 e. The highest BCUT2D eigenvalue weighted by Gasteiger charge is 2.17. The van der Waals surface area contributed by atoms with Crippen LogP contribution in [0, 0.1) is 0 Å². The minimum Gasteiger partial charge on any atom is -0.396 e. The molecule has 130 valence electrons. The monoisotopic (exact) mass is 332 g/mol. The Morgan fingerprint density at radius 2 is 2.00 bits per heavy atom. The summed E-state index contributed by atoms with van der Waals surface area (Å²) in [6, 6.07) is 9.20. The number of aliphatic hydroxyl groups is 1. The van der Waals surface area contributed by atoms with Crippen LogP contribution in [0.25, 0.3) is 0 Å². The number of aliphatic hydroxyl groups excluding tert-OH is 1. The fourth-order valence-electron chi connectivity index (χ4n) is 2.28. The summed E-state index contributed by atoms with van der Waals surface area (Å²) in [7, 11) is 0. The Morgan fingerprint density at radius 1 is 1.25 bits per heavy atom. The molecule has 0 radical (unpaired) electrons. The second-order valence-electron chi connectivity index (χ2n) is 5.82. The van der Waals surface area contributed by atoms with Crippen molar-refractivity contribution in [1.82, 2.24) is 20.8 Å². The van der Waals surface area contributed by atoms with Crippen LogP contribution in [-0.2, 0) is 6.42 Å². The van der Waals surface area contributed by atoms with Crippen LogP contribution in [-0.4, -0.2) is 33.9 Å². The van der Waals surface area contributed by atoms with Crippen molar-refractivity contribution < 1.29 is 14.4 Å². The number of aromatic nitrogens is 2. The van der Waals surface area contributed by atoms with Gasteiger partial charge in [-0.15, -0.1) is 0 Å². The Bertz CT molecular complexity index is 630. The molecular weight excluding hydrogens is 308 g/mol. The summed E-state index contributed by atoms with van der Waals surface area (Å²) in [5.74, 6) is 0.959. The first-order chi connectivity index (χ1) is 11.6. The van der Waals surface area contributed by atoms with Gasteiger partial charge in [-0.2, -0.15) is 4.98 Å². The van der Waals surface area contributed by atoms with Crippen molar-refractivity contribution in [3.05, 3.63) is 47.6 Å². The molecule has 0 saturated carbocycles. The summed E-state index contributed by atoms with van der Waals surface area (Å²) in [5.41, 5.74) is 1.09. The van der Waals surface area contributed by atoms with Gasteiger partial charge in [0.2, 0.25) is 5.89 Å². The predicted molar refractivity (Wildman–Crippen MR) is 89.4 cm³/mol. The molecule has 0 fully saturated rings. The molecule has 2 rings (SSSR count). The molecule has 0 aliphatic carbocycles. The van der Waals surface area contributed by atoms with Crippen molar-refractivity contribution in [1.29, 1.82) is 0 Å². The van der Waals surface area contributed by atoms with E-state index in [4.69, 9.17) is 9.63 Å². The molecule has 2 unspecified atom stereocenters. The lowest BCUT2D eigenvalue weighted by molar-refractivity contribution is 0.230. The Hall–Kier alpha value is -2.41. The quantitative estimate of drug-likeness (QED) is 0.688. The number of amides is 2. The molecule has 1 aromatic carbocycles. The number of carbonyl (C=O) groups excluding carboxylic acids is 1.